The summed E-state index contributed by atoms with van der Waals surface area (Å²) < 4.78 is 25.5. The minimum absolute atomic E-state index is 0.171. The van der Waals surface area contributed by atoms with Crippen LogP contribution in [-0.4, -0.2) is 25.8 Å². The number of para-hydroxylation sites is 1. The van der Waals surface area contributed by atoms with Crippen molar-refractivity contribution in [3.05, 3.63) is 29.8 Å². The molecule has 0 spiro atoms. The van der Waals surface area contributed by atoms with Gasteiger partial charge in [-0.1, -0.05) is 31.5 Å². The molecule has 0 saturated heterocycles. The van der Waals surface area contributed by atoms with Crippen molar-refractivity contribution in [3.8, 4) is 5.75 Å². The number of phenols is 1. The van der Waals surface area contributed by atoms with Crippen LogP contribution in [0, 0.1) is 0 Å². The Morgan fingerprint density at radius 1 is 1.29 bits per heavy atom. The number of benzene rings is 1. The number of rotatable bonds is 7. The minimum atomic E-state index is -3.16. The molecule has 0 aliphatic rings. The Morgan fingerprint density at radius 3 is 2.65 bits per heavy atom. The number of nitrogens with one attached hydrogen (secondary N) is 1. The van der Waals surface area contributed by atoms with Crippen LogP contribution >= 0.6 is 0 Å². The lowest BCUT2D eigenvalue weighted by molar-refractivity contribution is 0.467. The van der Waals surface area contributed by atoms with E-state index in [-0.39, 0.29) is 11.5 Å². The Morgan fingerprint density at radius 2 is 2.00 bits per heavy atom. The molecule has 0 aliphatic carbocycles. The molecule has 0 radical (unpaired) electrons. The second-order valence-electron chi connectivity index (χ2n) is 3.95. The maximum absolute atomic E-state index is 11.5. The molecule has 0 aromatic heterocycles. The van der Waals surface area contributed by atoms with Crippen LogP contribution in [0.1, 0.15) is 25.3 Å². The van der Waals surface area contributed by atoms with E-state index < -0.39 is 10.0 Å². The Bertz CT molecular complexity index is 443. The lowest BCUT2D eigenvalue weighted by atomic mass is 10.1. The summed E-state index contributed by atoms with van der Waals surface area (Å²) in [4.78, 5) is 0. The van der Waals surface area contributed by atoms with Crippen LogP contribution in [0.4, 0.5) is 0 Å². The van der Waals surface area contributed by atoms with Gasteiger partial charge in [-0.15, -0.1) is 0 Å². The second-order valence-corrected chi connectivity index (χ2v) is 5.87. The summed E-state index contributed by atoms with van der Waals surface area (Å²) in [7, 11) is -3.16. The van der Waals surface area contributed by atoms with Gasteiger partial charge in [0.25, 0.3) is 0 Å². The molecular weight excluding hydrogens is 238 g/mol. The van der Waals surface area contributed by atoms with Gasteiger partial charge in [0.1, 0.15) is 5.75 Å². The Labute approximate surface area is 103 Å². The van der Waals surface area contributed by atoms with E-state index in [0.29, 0.717) is 19.4 Å². The SMILES string of the molecule is CCCCS(=O)(=O)NCCc1ccccc1O. The average Bonchev–Trinajstić information content (AvgIpc) is 2.29. The summed E-state index contributed by atoms with van der Waals surface area (Å²) in [5.74, 6) is 0.379. The van der Waals surface area contributed by atoms with Gasteiger partial charge in [-0.2, -0.15) is 0 Å². The molecule has 0 amide bonds. The fourth-order valence-electron chi connectivity index (χ4n) is 1.47. The van der Waals surface area contributed by atoms with Gasteiger partial charge in [-0.3, -0.25) is 0 Å². The molecule has 0 fully saturated rings. The third kappa shape index (κ3) is 5.19. The van der Waals surface area contributed by atoms with E-state index in [9.17, 15) is 13.5 Å². The molecule has 96 valence electrons. The topological polar surface area (TPSA) is 66.4 Å². The molecule has 1 aromatic carbocycles. The van der Waals surface area contributed by atoms with Crippen LogP contribution < -0.4 is 4.72 Å². The first-order chi connectivity index (χ1) is 8.05. The van der Waals surface area contributed by atoms with Crippen LogP contribution in [0.25, 0.3) is 0 Å². The molecule has 0 bridgehead atoms. The van der Waals surface area contributed by atoms with Crippen molar-refractivity contribution in [2.75, 3.05) is 12.3 Å². The van der Waals surface area contributed by atoms with Crippen LogP contribution in [0.5, 0.6) is 5.75 Å². The number of hydrogen-bond acceptors (Lipinski definition) is 3. The van der Waals surface area contributed by atoms with Crippen molar-refractivity contribution in [1.29, 1.82) is 0 Å². The van der Waals surface area contributed by atoms with Gasteiger partial charge in [-0.05, 0) is 24.5 Å². The first kappa shape index (κ1) is 14.0. The summed E-state index contributed by atoms with van der Waals surface area (Å²) >= 11 is 0. The predicted octanol–water partition coefficient (Wildman–Crippen LogP) is 1.65. The van der Waals surface area contributed by atoms with Crippen LogP contribution in [0.3, 0.4) is 0 Å². The van der Waals surface area contributed by atoms with E-state index in [1.165, 1.54) is 0 Å². The number of hydrogen-bond donors (Lipinski definition) is 2. The molecule has 0 heterocycles. The molecular formula is C12H19NO3S. The lowest BCUT2D eigenvalue weighted by Gasteiger charge is -2.07. The summed E-state index contributed by atoms with van der Waals surface area (Å²) in [5, 5.41) is 9.50. The van der Waals surface area contributed by atoms with E-state index >= 15 is 0 Å². The van der Waals surface area contributed by atoms with E-state index in [2.05, 4.69) is 4.72 Å². The molecule has 0 saturated carbocycles. The standard InChI is InChI=1S/C12H19NO3S/c1-2-3-10-17(15,16)13-9-8-11-6-4-5-7-12(11)14/h4-7,13-14H,2-3,8-10H2,1H3. The summed E-state index contributed by atoms with van der Waals surface area (Å²) in [6.07, 6.45) is 2.03. The Balaban J connectivity index is 2.40. The van der Waals surface area contributed by atoms with E-state index in [1.54, 1.807) is 18.2 Å². The fourth-order valence-corrected chi connectivity index (χ4v) is 2.70. The molecule has 2 N–H and O–H groups in total. The largest absolute Gasteiger partial charge is 0.508 e. The maximum Gasteiger partial charge on any atom is 0.211 e. The van der Waals surface area contributed by atoms with E-state index in [1.807, 2.05) is 13.0 Å². The highest BCUT2D eigenvalue weighted by Gasteiger charge is 2.08. The van der Waals surface area contributed by atoms with Crippen molar-refractivity contribution in [2.24, 2.45) is 0 Å². The van der Waals surface area contributed by atoms with Gasteiger partial charge >= 0.3 is 0 Å². The fraction of sp³-hybridized carbons (Fsp3) is 0.500. The van der Waals surface area contributed by atoms with Crippen LogP contribution in [0.15, 0.2) is 24.3 Å². The maximum atomic E-state index is 11.5. The monoisotopic (exact) mass is 257 g/mol. The molecule has 1 aromatic rings. The highest BCUT2D eigenvalue weighted by molar-refractivity contribution is 7.89. The van der Waals surface area contributed by atoms with Crippen molar-refractivity contribution >= 4 is 10.0 Å². The zero-order chi connectivity index (χ0) is 12.7. The normalized spacial score (nSPS) is 11.6. The second kappa shape index (κ2) is 6.61. The number of sulfonamides is 1. The van der Waals surface area contributed by atoms with Crippen LogP contribution in [0.2, 0.25) is 0 Å². The minimum Gasteiger partial charge on any atom is -0.508 e. The highest BCUT2D eigenvalue weighted by Crippen LogP contribution is 2.15. The number of unbranched alkanes of at least 4 members (excludes halogenated alkanes) is 1. The summed E-state index contributed by atoms with van der Waals surface area (Å²) in [5.41, 5.74) is 0.755. The third-order valence-corrected chi connectivity index (χ3v) is 3.94. The van der Waals surface area contributed by atoms with Gasteiger partial charge in [0.15, 0.2) is 0 Å². The average molecular weight is 257 g/mol. The van der Waals surface area contributed by atoms with Crippen molar-refractivity contribution in [1.82, 2.24) is 4.72 Å². The Hall–Kier alpha value is -1.07. The first-order valence-electron chi connectivity index (χ1n) is 5.79. The van der Waals surface area contributed by atoms with Crippen molar-refractivity contribution in [2.45, 2.75) is 26.2 Å². The predicted molar refractivity (Wildman–Crippen MR) is 68.5 cm³/mol. The molecule has 5 heteroatoms. The van der Waals surface area contributed by atoms with Crippen molar-refractivity contribution in [3.63, 3.8) is 0 Å². The smallest absolute Gasteiger partial charge is 0.211 e. The third-order valence-electron chi connectivity index (χ3n) is 2.47. The quantitative estimate of drug-likeness (QED) is 0.780. The van der Waals surface area contributed by atoms with Gasteiger partial charge in [-0.25, -0.2) is 13.1 Å². The Kier molecular flexibility index (Phi) is 5.44. The van der Waals surface area contributed by atoms with Crippen molar-refractivity contribution < 1.29 is 13.5 Å². The van der Waals surface area contributed by atoms with E-state index in [0.717, 1.165) is 12.0 Å². The molecule has 4 nitrogen and oxygen atoms in total. The zero-order valence-corrected chi connectivity index (χ0v) is 10.8. The first-order valence-corrected chi connectivity index (χ1v) is 7.44. The summed E-state index contributed by atoms with van der Waals surface area (Å²) in [6.45, 7) is 2.28. The molecule has 0 unspecified atom stereocenters. The van der Waals surface area contributed by atoms with Crippen LogP contribution in [-0.2, 0) is 16.4 Å². The van der Waals surface area contributed by atoms with Gasteiger partial charge in [0.2, 0.25) is 10.0 Å². The van der Waals surface area contributed by atoms with Gasteiger partial charge in [0.05, 0.1) is 5.75 Å². The molecule has 17 heavy (non-hydrogen) atoms. The molecule has 0 aliphatic heterocycles. The summed E-state index contributed by atoms with van der Waals surface area (Å²) in [6, 6.07) is 6.95. The van der Waals surface area contributed by atoms with Gasteiger partial charge in [0, 0.05) is 6.54 Å². The van der Waals surface area contributed by atoms with Gasteiger partial charge < -0.3 is 5.11 Å². The zero-order valence-electron chi connectivity index (χ0n) is 10.0. The highest BCUT2D eigenvalue weighted by atomic mass is 32.2. The number of aromatic hydroxyl groups is 1. The molecule has 1 rings (SSSR count). The lowest BCUT2D eigenvalue weighted by Crippen LogP contribution is -2.28. The number of phenolic OH excluding ortho intramolecular Hbond substituents is 1. The van der Waals surface area contributed by atoms with E-state index in [4.69, 9.17) is 0 Å². The molecule has 0 atom stereocenters.